The third-order valence-electron chi connectivity index (χ3n) is 3.48. The Morgan fingerprint density at radius 2 is 2.10 bits per heavy atom. The summed E-state index contributed by atoms with van der Waals surface area (Å²) >= 11 is 2.01. The van der Waals surface area contributed by atoms with Crippen molar-refractivity contribution in [2.75, 3.05) is 29.9 Å². The maximum Gasteiger partial charge on any atom is 0.241 e. The number of amides is 1. The summed E-state index contributed by atoms with van der Waals surface area (Å²) < 4.78 is 0. The molecule has 118 valence electrons. The minimum Gasteiger partial charge on any atom is -0.324 e. The fourth-order valence-electron chi connectivity index (χ4n) is 2.17. The number of carbonyl (C=O) groups is 1. The number of hydrogen-bond donors (Lipinski definition) is 2. The van der Waals surface area contributed by atoms with E-state index in [1.807, 2.05) is 18.7 Å². The zero-order valence-electron chi connectivity index (χ0n) is 12.6. The molecule has 1 aromatic carbocycles. The normalized spacial score (nSPS) is 16.9. The van der Waals surface area contributed by atoms with Crippen LogP contribution in [-0.4, -0.2) is 41.4 Å². The molecule has 1 fully saturated rings. The first-order chi connectivity index (χ1) is 9.56. The van der Waals surface area contributed by atoms with Gasteiger partial charge in [0.25, 0.3) is 0 Å². The van der Waals surface area contributed by atoms with Gasteiger partial charge in [-0.1, -0.05) is 12.1 Å². The van der Waals surface area contributed by atoms with Crippen molar-refractivity contribution in [2.24, 2.45) is 5.73 Å². The van der Waals surface area contributed by atoms with E-state index in [0.717, 1.165) is 30.9 Å². The molecule has 1 aromatic rings. The van der Waals surface area contributed by atoms with Crippen LogP contribution in [0.2, 0.25) is 0 Å². The SMILES string of the molecule is Cc1ccc(CN2CCSCC2)cc1NC(=O)C(C)N.Cl. The molecule has 0 saturated carbocycles. The summed E-state index contributed by atoms with van der Waals surface area (Å²) in [6.45, 7) is 6.92. The number of thioether (sulfide) groups is 1. The summed E-state index contributed by atoms with van der Waals surface area (Å²) in [6, 6.07) is 5.78. The van der Waals surface area contributed by atoms with Gasteiger partial charge in [-0.05, 0) is 31.0 Å². The van der Waals surface area contributed by atoms with Crippen molar-refractivity contribution in [3.05, 3.63) is 29.3 Å². The molecule has 0 aromatic heterocycles. The molecule has 21 heavy (non-hydrogen) atoms. The Morgan fingerprint density at radius 3 is 2.71 bits per heavy atom. The number of hydrogen-bond acceptors (Lipinski definition) is 4. The predicted octanol–water partition coefficient (Wildman–Crippen LogP) is 2.25. The quantitative estimate of drug-likeness (QED) is 0.889. The van der Waals surface area contributed by atoms with E-state index < -0.39 is 6.04 Å². The topological polar surface area (TPSA) is 58.4 Å². The number of carbonyl (C=O) groups excluding carboxylic acids is 1. The Balaban J connectivity index is 0.00000220. The van der Waals surface area contributed by atoms with Gasteiger partial charge in [-0.15, -0.1) is 12.4 Å². The van der Waals surface area contributed by atoms with Crippen molar-refractivity contribution in [2.45, 2.75) is 26.4 Å². The standard InChI is InChI=1S/C15H23N3OS.ClH/c1-11-3-4-13(10-18-5-7-20-8-6-18)9-14(11)17-15(19)12(2)16;/h3-4,9,12H,5-8,10,16H2,1-2H3,(H,17,19);1H. The number of anilines is 1. The number of halogens is 1. The molecule has 2 rings (SSSR count). The summed E-state index contributed by atoms with van der Waals surface area (Å²) in [4.78, 5) is 14.2. The molecule has 1 saturated heterocycles. The molecule has 0 bridgehead atoms. The van der Waals surface area contributed by atoms with Crippen LogP contribution in [0.4, 0.5) is 5.69 Å². The monoisotopic (exact) mass is 329 g/mol. The predicted molar refractivity (Wildman–Crippen MR) is 93.3 cm³/mol. The average Bonchev–Trinajstić information content (AvgIpc) is 2.43. The number of nitrogens with two attached hydrogens (primary N) is 1. The molecule has 1 aliphatic rings. The second-order valence-corrected chi connectivity index (χ2v) is 6.54. The summed E-state index contributed by atoms with van der Waals surface area (Å²) in [6.07, 6.45) is 0. The zero-order chi connectivity index (χ0) is 14.5. The van der Waals surface area contributed by atoms with Gasteiger partial charge in [-0.2, -0.15) is 11.8 Å². The van der Waals surface area contributed by atoms with E-state index in [-0.39, 0.29) is 18.3 Å². The van der Waals surface area contributed by atoms with Gasteiger partial charge in [0.05, 0.1) is 6.04 Å². The molecular weight excluding hydrogens is 306 g/mol. The summed E-state index contributed by atoms with van der Waals surface area (Å²) in [5, 5.41) is 2.90. The number of nitrogens with one attached hydrogen (secondary N) is 1. The lowest BCUT2D eigenvalue weighted by Crippen LogP contribution is -2.33. The first-order valence-corrected chi connectivity index (χ1v) is 8.18. The minimum atomic E-state index is -0.489. The number of rotatable bonds is 4. The molecule has 1 amide bonds. The molecule has 3 N–H and O–H groups in total. The first-order valence-electron chi connectivity index (χ1n) is 7.02. The van der Waals surface area contributed by atoms with Gasteiger partial charge in [0.15, 0.2) is 0 Å². The largest absolute Gasteiger partial charge is 0.324 e. The number of aryl methyl sites for hydroxylation is 1. The van der Waals surface area contributed by atoms with Gasteiger partial charge in [0.2, 0.25) is 5.91 Å². The first kappa shape index (κ1) is 18.3. The van der Waals surface area contributed by atoms with Gasteiger partial charge in [0, 0.05) is 36.8 Å². The molecule has 1 atom stereocenters. The second-order valence-electron chi connectivity index (χ2n) is 5.32. The molecule has 6 heteroatoms. The van der Waals surface area contributed by atoms with Crippen molar-refractivity contribution in [1.29, 1.82) is 0 Å². The fourth-order valence-corrected chi connectivity index (χ4v) is 3.14. The van der Waals surface area contributed by atoms with Gasteiger partial charge >= 0.3 is 0 Å². The smallest absolute Gasteiger partial charge is 0.241 e. The van der Waals surface area contributed by atoms with Crippen LogP contribution in [0.1, 0.15) is 18.1 Å². The van der Waals surface area contributed by atoms with E-state index in [1.165, 1.54) is 17.1 Å². The lowest BCUT2D eigenvalue weighted by atomic mass is 10.1. The van der Waals surface area contributed by atoms with Gasteiger partial charge in [-0.25, -0.2) is 0 Å². The molecule has 0 spiro atoms. The van der Waals surface area contributed by atoms with Gasteiger partial charge in [-0.3, -0.25) is 9.69 Å². The number of nitrogens with zero attached hydrogens (tertiary/aromatic N) is 1. The third-order valence-corrected chi connectivity index (χ3v) is 4.43. The maximum absolute atomic E-state index is 11.7. The van der Waals surface area contributed by atoms with Crippen molar-refractivity contribution in [1.82, 2.24) is 4.90 Å². The van der Waals surface area contributed by atoms with Crippen LogP contribution in [0.5, 0.6) is 0 Å². The summed E-state index contributed by atoms with van der Waals surface area (Å²) in [7, 11) is 0. The van der Waals surface area contributed by atoms with Crippen molar-refractivity contribution >= 4 is 35.8 Å². The van der Waals surface area contributed by atoms with Crippen LogP contribution in [0.15, 0.2) is 18.2 Å². The Labute approximate surface area is 137 Å². The van der Waals surface area contributed by atoms with Crippen molar-refractivity contribution < 1.29 is 4.79 Å². The maximum atomic E-state index is 11.7. The lowest BCUT2D eigenvalue weighted by molar-refractivity contribution is -0.117. The Bertz CT molecular complexity index is 476. The van der Waals surface area contributed by atoms with E-state index in [2.05, 4.69) is 28.4 Å². The van der Waals surface area contributed by atoms with Gasteiger partial charge in [0.1, 0.15) is 0 Å². The van der Waals surface area contributed by atoms with E-state index in [0.29, 0.717) is 0 Å². The van der Waals surface area contributed by atoms with E-state index in [9.17, 15) is 4.79 Å². The van der Waals surface area contributed by atoms with Crippen molar-refractivity contribution in [3.63, 3.8) is 0 Å². The minimum absolute atomic E-state index is 0. The van der Waals surface area contributed by atoms with Crippen LogP contribution in [0.25, 0.3) is 0 Å². The Kier molecular flexibility index (Phi) is 7.52. The Hall–Kier alpha value is -0.750. The van der Waals surface area contributed by atoms with Crippen LogP contribution >= 0.6 is 24.2 Å². The van der Waals surface area contributed by atoms with Crippen LogP contribution < -0.4 is 11.1 Å². The highest BCUT2D eigenvalue weighted by Gasteiger charge is 2.13. The van der Waals surface area contributed by atoms with Crippen LogP contribution in [0, 0.1) is 6.92 Å². The molecule has 0 aliphatic carbocycles. The lowest BCUT2D eigenvalue weighted by Gasteiger charge is -2.26. The van der Waals surface area contributed by atoms with Crippen LogP contribution in [0.3, 0.4) is 0 Å². The average molecular weight is 330 g/mol. The third kappa shape index (κ3) is 5.51. The summed E-state index contributed by atoms with van der Waals surface area (Å²) in [5.41, 5.74) is 8.78. The molecule has 4 nitrogen and oxygen atoms in total. The highest BCUT2D eigenvalue weighted by atomic mass is 35.5. The number of benzene rings is 1. The van der Waals surface area contributed by atoms with Gasteiger partial charge < -0.3 is 11.1 Å². The van der Waals surface area contributed by atoms with E-state index >= 15 is 0 Å². The molecule has 1 unspecified atom stereocenters. The molecule has 1 heterocycles. The highest BCUT2D eigenvalue weighted by Crippen LogP contribution is 2.19. The Morgan fingerprint density at radius 1 is 1.43 bits per heavy atom. The molecule has 1 aliphatic heterocycles. The van der Waals surface area contributed by atoms with Crippen molar-refractivity contribution in [3.8, 4) is 0 Å². The zero-order valence-corrected chi connectivity index (χ0v) is 14.2. The van der Waals surface area contributed by atoms with E-state index in [4.69, 9.17) is 5.73 Å². The summed E-state index contributed by atoms with van der Waals surface area (Å²) in [5.74, 6) is 2.28. The molecular formula is C15H24ClN3OS. The molecule has 0 radical (unpaired) electrons. The van der Waals surface area contributed by atoms with Crippen LogP contribution in [-0.2, 0) is 11.3 Å². The van der Waals surface area contributed by atoms with E-state index in [1.54, 1.807) is 6.92 Å². The second kappa shape index (κ2) is 8.63. The fraction of sp³-hybridized carbons (Fsp3) is 0.533. The highest BCUT2D eigenvalue weighted by molar-refractivity contribution is 7.99.